The number of benzene rings is 2. The van der Waals surface area contributed by atoms with E-state index in [2.05, 4.69) is 15.5 Å². The number of nitrogens with zero attached hydrogens (tertiary/aromatic N) is 4. The van der Waals surface area contributed by atoms with E-state index in [1.165, 1.54) is 0 Å². The molecule has 140 valence electrons. The second-order valence-electron chi connectivity index (χ2n) is 6.21. The molecule has 0 aliphatic rings. The number of hydrogen-bond donors (Lipinski definition) is 2. The summed E-state index contributed by atoms with van der Waals surface area (Å²) >= 11 is 6.22. The van der Waals surface area contributed by atoms with Crippen LogP contribution in [-0.2, 0) is 0 Å². The van der Waals surface area contributed by atoms with E-state index in [0.717, 1.165) is 0 Å². The summed E-state index contributed by atoms with van der Waals surface area (Å²) in [5.74, 6) is 0.482. The van der Waals surface area contributed by atoms with Gasteiger partial charge in [-0.1, -0.05) is 11.6 Å². The molecule has 2 atom stereocenters. The summed E-state index contributed by atoms with van der Waals surface area (Å²) in [4.78, 5) is 0. The summed E-state index contributed by atoms with van der Waals surface area (Å²) in [5, 5.41) is 39.8. The van der Waals surface area contributed by atoms with E-state index in [0.29, 0.717) is 33.0 Å². The van der Waals surface area contributed by atoms with Crippen LogP contribution in [-0.4, -0.2) is 21.4 Å². The molecule has 3 aromatic rings. The number of hydrogen-bond acceptors (Lipinski definition) is 7. The third-order valence-corrected chi connectivity index (χ3v) is 4.75. The lowest BCUT2D eigenvalue weighted by molar-refractivity contribution is 0.159. The highest BCUT2D eigenvalue weighted by Crippen LogP contribution is 2.31. The van der Waals surface area contributed by atoms with Crippen LogP contribution in [0.5, 0.6) is 0 Å². The van der Waals surface area contributed by atoms with Gasteiger partial charge in [-0.25, -0.2) is 0 Å². The molecule has 0 amide bonds. The van der Waals surface area contributed by atoms with Crippen LogP contribution in [0.2, 0.25) is 5.02 Å². The van der Waals surface area contributed by atoms with E-state index in [1.54, 1.807) is 50.2 Å². The number of halogens is 1. The van der Waals surface area contributed by atoms with Crippen molar-refractivity contribution in [1.29, 1.82) is 10.5 Å². The second-order valence-corrected chi connectivity index (χ2v) is 6.59. The molecule has 28 heavy (non-hydrogen) atoms. The normalized spacial score (nSPS) is 12.6. The zero-order chi connectivity index (χ0) is 20.3. The molecule has 1 heterocycles. The number of aliphatic hydroxyl groups excluding tert-OH is 1. The van der Waals surface area contributed by atoms with Gasteiger partial charge in [0, 0.05) is 11.3 Å². The number of aromatic nitrogens is 2. The van der Waals surface area contributed by atoms with E-state index in [1.807, 2.05) is 12.1 Å². The van der Waals surface area contributed by atoms with Crippen molar-refractivity contribution in [3.05, 3.63) is 64.0 Å². The van der Waals surface area contributed by atoms with Crippen LogP contribution in [0.4, 0.5) is 5.69 Å². The quantitative estimate of drug-likeness (QED) is 0.672. The molecule has 0 bridgehead atoms. The molecule has 2 N–H and O–H groups in total. The van der Waals surface area contributed by atoms with E-state index in [9.17, 15) is 5.11 Å². The Morgan fingerprint density at radius 2 is 1.82 bits per heavy atom. The Bertz CT molecular complexity index is 1080. The first-order valence-electron chi connectivity index (χ1n) is 8.42. The third-order valence-electron chi connectivity index (χ3n) is 4.27. The lowest BCUT2D eigenvalue weighted by Gasteiger charge is -2.21. The van der Waals surface area contributed by atoms with Crippen LogP contribution in [0, 0.1) is 29.6 Å². The lowest BCUT2D eigenvalue weighted by Crippen LogP contribution is -2.23. The van der Waals surface area contributed by atoms with Gasteiger partial charge >= 0.3 is 0 Å². The van der Waals surface area contributed by atoms with Gasteiger partial charge in [-0.15, -0.1) is 10.2 Å². The summed E-state index contributed by atoms with van der Waals surface area (Å²) < 4.78 is 5.74. The van der Waals surface area contributed by atoms with Crippen LogP contribution < -0.4 is 5.32 Å². The Kier molecular flexibility index (Phi) is 5.60. The van der Waals surface area contributed by atoms with Gasteiger partial charge in [0.2, 0.25) is 11.8 Å². The summed E-state index contributed by atoms with van der Waals surface area (Å²) in [6, 6.07) is 13.5. The molecule has 0 fully saturated rings. The highest BCUT2D eigenvalue weighted by molar-refractivity contribution is 6.32. The topological polar surface area (TPSA) is 119 Å². The smallest absolute Gasteiger partial charge is 0.247 e. The molecule has 0 saturated heterocycles. The molecule has 0 aliphatic heterocycles. The van der Waals surface area contributed by atoms with Crippen LogP contribution >= 0.6 is 11.6 Å². The van der Waals surface area contributed by atoms with Gasteiger partial charge in [0.1, 0.15) is 12.1 Å². The minimum absolute atomic E-state index is 0.203. The van der Waals surface area contributed by atoms with Crippen molar-refractivity contribution in [2.45, 2.75) is 26.0 Å². The van der Waals surface area contributed by atoms with Crippen molar-refractivity contribution >= 4 is 17.3 Å². The second kappa shape index (κ2) is 8.10. The molecule has 3 rings (SSSR count). The largest absolute Gasteiger partial charge is 0.418 e. The number of nitrogens with one attached hydrogen (secondary N) is 1. The van der Waals surface area contributed by atoms with Crippen LogP contribution in [0.25, 0.3) is 11.5 Å². The monoisotopic (exact) mass is 393 g/mol. The van der Waals surface area contributed by atoms with Crippen molar-refractivity contribution in [1.82, 2.24) is 10.2 Å². The van der Waals surface area contributed by atoms with Crippen molar-refractivity contribution in [2.24, 2.45) is 0 Å². The number of anilines is 1. The first kappa shape index (κ1) is 19.4. The summed E-state index contributed by atoms with van der Waals surface area (Å²) in [7, 11) is 0. The highest BCUT2D eigenvalue weighted by Gasteiger charge is 2.25. The predicted molar refractivity (Wildman–Crippen MR) is 103 cm³/mol. The van der Waals surface area contributed by atoms with E-state index in [4.69, 9.17) is 26.5 Å². The van der Waals surface area contributed by atoms with E-state index in [-0.39, 0.29) is 11.8 Å². The molecule has 0 aliphatic carbocycles. The minimum atomic E-state index is -0.844. The summed E-state index contributed by atoms with van der Waals surface area (Å²) in [6.45, 7) is 3.38. The number of nitriles is 2. The zero-order valence-corrected chi connectivity index (χ0v) is 15.9. The van der Waals surface area contributed by atoms with Gasteiger partial charge in [0.15, 0.2) is 0 Å². The first-order valence-corrected chi connectivity index (χ1v) is 8.80. The highest BCUT2D eigenvalue weighted by atomic mass is 35.5. The van der Waals surface area contributed by atoms with Gasteiger partial charge in [-0.05, 0) is 55.8 Å². The maximum atomic E-state index is 10.2. The standard InChI is InChI=1S/C20H16ClN5O2/c1-11-16(8-7-15(10-23)17(11)21)24-18(12(2)27)20-26-25-19(28-20)14-5-3-13(9-22)4-6-14/h3-8,12,18,24,27H,1-2H3/t12-,18-/m1/s1. The molecule has 0 saturated carbocycles. The van der Waals surface area contributed by atoms with Crippen LogP contribution in [0.3, 0.4) is 0 Å². The first-order chi connectivity index (χ1) is 13.4. The van der Waals surface area contributed by atoms with Crippen molar-refractivity contribution in [3.8, 4) is 23.6 Å². The van der Waals surface area contributed by atoms with Crippen molar-refractivity contribution in [2.75, 3.05) is 5.32 Å². The minimum Gasteiger partial charge on any atom is -0.418 e. The SMILES string of the molecule is Cc1c(N[C@@H](c2nnc(-c3ccc(C#N)cc3)o2)[C@@H](C)O)ccc(C#N)c1Cl. The van der Waals surface area contributed by atoms with E-state index < -0.39 is 12.1 Å². The molecular formula is C20H16ClN5O2. The van der Waals surface area contributed by atoms with Gasteiger partial charge < -0.3 is 14.8 Å². The maximum absolute atomic E-state index is 10.2. The fourth-order valence-corrected chi connectivity index (χ4v) is 2.86. The maximum Gasteiger partial charge on any atom is 0.247 e. The molecule has 0 spiro atoms. The van der Waals surface area contributed by atoms with Gasteiger partial charge in [0.25, 0.3) is 0 Å². The van der Waals surface area contributed by atoms with Crippen molar-refractivity contribution in [3.63, 3.8) is 0 Å². The number of aliphatic hydroxyl groups is 1. The Balaban J connectivity index is 1.90. The van der Waals surface area contributed by atoms with E-state index >= 15 is 0 Å². The average Bonchev–Trinajstić information content (AvgIpc) is 3.18. The third kappa shape index (κ3) is 3.81. The van der Waals surface area contributed by atoms with Crippen LogP contribution in [0.15, 0.2) is 40.8 Å². The lowest BCUT2D eigenvalue weighted by atomic mass is 10.1. The Hall–Kier alpha value is -3.39. The zero-order valence-electron chi connectivity index (χ0n) is 15.1. The Labute approximate surface area is 166 Å². The van der Waals surface area contributed by atoms with Crippen molar-refractivity contribution < 1.29 is 9.52 Å². The fraction of sp³-hybridized carbons (Fsp3) is 0.200. The Morgan fingerprint density at radius 3 is 2.43 bits per heavy atom. The predicted octanol–water partition coefficient (Wildman–Crippen LogP) is 3.98. The van der Waals surface area contributed by atoms with Gasteiger partial charge in [-0.2, -0.15) is 10.5 Å². The molecule has 8 heteroatoms. The molecule has 1 aromatic heterocycles. The molecule has 0 radical (unpaired) electrons. The molecule has 7 nitrogen and oxygen atoms in total. The summed E-state index contributed by atoms with van der Waals surface area (Å²) in [6.07, 6.45) is -0.844. The van der Waals surface area contributed by atoms with Gasteiger partial charge in [-0.3, -0.25) is 0 Å². The molecular weight excluding hydrogens is 378 g/mol. The number of rotatable bonds is 5. The Morgan fingerprint density at radius 1 is 1.11 bits per heavy atom. The molecule has 2 aromatic carbocycles. The van der Waals surface area contributed by atoms with Gasteiger partial charge in [0.05, 0.1) is 28.3 Å². The summed E-state index contributed by atoms with van der Waals surface area (Å²) in [5.41, 5.74) is 2.89. The average molecular weight is 394 g/mol. The fourth-order valence-electron chi connectivity index (χ4n) is 2.65. The van der Waals surface area contributed by atoms with Crippen LogP contribution in [0.1, 0.15) is 35.5 Å². The molecule has 0 unspecified atom stereocenters.